The molecule has 0 aliphatic heterocycles. The molecule has 1 heterocycles. The van der Waals surface area contributed by atoms with Crippen molar-refractivity contribution in [1.82, 2.24) is 10.3 Å². The molecule has 3 nitrogen and oxygen atoms in total. The Bertz CT molecular complexity index is 693. The molecule has 1 aliphatic carbocycles. The summed E-state index contributed by atoms with van der Waals surface area (Å²) in [4.78, 5) is 15.2. The van der Waals surface area contributed by atoms with Gasteiger partial charge in [0.1, 0.15) is 4.64 Å². The van der Waals surface area contributed by atoms with Crippen LogP contribution in [0.2, 0.25) is 0 Å². The van der Waals surface area contributed by atoms with Crippen LogP contribution in [-0.2, 0) is 6.42 Å². The van der Waals surface area contributed by atoms with Gasteiger partial charge in [-0.3, -0.25) is 4.79 Å². The molecular weight excluding hydrogens is 268 g/mol. The minimum absolute atomic E-state index is 0.0852. The summed E-state index contributed by atoms with van der Waals surface area (Å²) in [5, 5.41) is 3.11. The lowest BCUT2D eigenvalue weighted by Gasteiger charge is -2.26. The topological polar surface area (TPSA) is 44.9 Å². The quantitative estimate of drug-likeness (QED) is 0.828. The number of rotatable bonds is 2. The molecule has 1 aromatic heterocycles. The second-order valence-corrected chi connectivity index (χ2v) is 5.44. The van der Waals surface area contributed by atoms with Crippen LogP contribution in [0.3, 0.4) is 0 Å². The summed E-state index contributed by atoms with van der Waals surface area (Å²) in [6, 6.07) is 12.0. The Morgan fingerprint density at radius 1 is 1.25 bits per heavy atom. The fraction of sp³-hybridized carbons (Fsp3) is 0.250. The lowest BCUT2D eigenvalue weighted by Crippen LogP contribution is -2.31. The summed E-state index contributed by atoms with van der Waals surface area (Å²) < 4.78 is 0.481. The summed E-state index contributed by atoms with van der Waals surface area (Å²) in [5.41, 5.74) is 3.10. The van der Waals surface area contributed by atoms with Gasteiger partial charge in [0.2, 0.25) is 0 Å². The number of fused-ring (bicyclic) bond motifs is 1. The molecule has 2 N–H and O–H groups in total. The zero-order valence-corrected chi connectivity index (χ0v) is 11.9. The Hall–Kier alpha value is -1.94. The van der Waals surface area contributed by atoms with Crippen molar-refractivity contribution in [3.05, 3.63) is 63.9 Å². The summed E-state index contributed by atoms with van der Waals surface area (Å²) in [7, 11) is 0. The second-order valence-electron chi connectivity index (χ2n) is 5.03. The van der Waals surface area contributed by atoms with Crippen molar-refractivity contribution in [3.8, 4) is 0 Å². The Morgan fingerprint density at radius 3 is 2.95 bits per heavy atom. The Kier molecular flexibility index (Phi) is 3.65. The number of hydrogen-bond donors (Lipinski definition) is 2. The summed E-state index contributed by atoms with van der Waals surface area (Å²) in [6.45, 7) is 0. The van der Waals surface area contributed by atoms with Crippen LogP contribution < -0.4 is 5.32 Å². The maximum absolute atomic E-state index is 12.3. The fourth-order valence-corrected chi connectivity index (χ4v) is 2.97. The number of benzene rings is 1. The molecule has 4 heteroatoms. The van der Waals surface area contributed by atoms with E-state index in [4.69, 9.17) is 12.2 Å². The predicted octanol–water partition coefficient (Wildman–Crippen LogP) is 3.55. The van der Waals surface area contributed by atoms with Crippen LogP contribution in [-0.4, -0.2) is 10.9 Å². The van der Waals surface area contributed by atoms with Gasteiger partial charge in [-0.05, 0) is 42.5 Å². The van der Waals surface area contributed by atoms with Crippen LogP contribution in [0.1, 0.15) is 40.4 Å². The van der Waals surface area contributed by atoms with Gasteiger partial charge >= 0.3 is 0 Å². The molecule has 0 radical (unpaired) electrons. The zero-order valence-electron chi connectivity index (χ0n) is 11.1. The third kappa shape index (κ3) is 2.51. The molecule has 1 aromatic carbocycles. The van der Waals surface area contributed by atoms with Crippen LogP contribution >= 0.6 is 12.2 Å². The highest BCUT2D eigenvalue weighted by molar-refractivity contribution is 7.71. The average Bonchev–Trinajstić information content (AvgIpc) is 2.48. The van der Waals surface area contributed by atoms with E-state index >= 15 is 0 Å². The van der Waals surface area contributed by atoms with Crippen molar-refractivity contribution >= 4 is 18.1 Å². The zero-order chi connectivity index (χ0) is 13.9. The van der Waals surface area contributed by atoms with Gasteiger partial charge in [-0.15, -0.1) is 0 Å². The predicted molar refractivity (Wildman–Crippen MR) is 81.2 cm³/mol. The first-order valence-electron chi connectivity index (χ1n) is 6.82. The second kappa shape index (κ2) is 5.59. The van der Waals surface area contributed by atoms with Gasteiger partial charge in [-0.1, -0.05) is 36.5 Å². The monoisotopic (exact) mass is 284 g/mol. The molecule has 0 fully saturated rings. The lowest BCUT2D eigenvalue weighted by molar-refractivity contribution is 0.0932. The maximum atomic E-state index is 12.3. The van der Waals surface area contributed by atoms with E-state index in [9.17, 15) is 4.79 Å². The van der Waals surface area contributed by atoms with E-state index in [-0.39, 0.29) is 11.9 Å². The number of H-pyrrole nitrogens is 1. The minimum atomic E-state index is -0.103. The number of aromatic nitrogens is 1. The highest BCUT2D eigenvalue weighted by Gasteiger charge is 2.22. The number of pyridine rings is 1. The molecule has 3 rings (SSSR count). The fourth-order valence-electron chi connectivity index (χ4n) is 2.74. The van der Waals surface area contributed by atoms with Gasteiger partial charge in [0, 0.05) is 6.20 Å². The highest BCUT2D eigenvalue weighted by atomic mass is 32.1. The van der Waals surface area contributed by atoms with Gasteiger partial charge < -0.3 is 10.3 Å². The van der Waals surface area contributed by atoms with E-state index in [0.717, 1.165) is 19.3 Å². The number of aromatic amines is 1. The Morgan fingerprint density at radius 2 is 2.10 bits per heavy atom. The van der Waals surface area contributed by atoms with Crippen molar-refractivity contribution in [1.29, 1.82) is 0 Å². The van der Waals surface area contributed by atoms with Crippen LogP contribution in [0.5, 0.6) is 0 Å². The number of carbonyl (C=O) groups excluding carboxylic acids is 1. The van der Waals surface area contributed by atoms with Crippen molar-refractivity contribution in [2.24, 2.45) is 0 Å². The highest BCUT2D eigenvalue weighted by Crippen LogP contribution is 2.29. The number of carbonyl (C=O) groups is 1. The maximum Gasteiger partial charge on any atom is 0.254 e. The van der Waals surface area contributed by atoms with Crippen molar-refractivity contribution in [3.63, 3.8) is 0 Å². The summed E-state index contributed by atoms with van der Waals surface area (Å²) in [6.07, 6.45) is 4.90. The molecule has 0 spiro atoms. The molecule has 2 aromatic rings. The molecule has 102 valence electrons. The molecule has 1 amide bonds. The first-order valence-corrected chi connectivity index (χ1v) is 7.23. The van der Waals surface area contributed by atoms with Crippen molar-refractivity contribution in [2.75, 3.05) is 0 Å². The summed E-state index contributed by atoms with van der Waals surface area (Å²) >= 11 is 5.16. The summed E-state index contributed by atoms with van der Waals surface area (Å²) in [5.74, 6) is -0.103. The molecule has 0 saturated carbocycles. The molecule has 1 unspecified atom stereocenters. The number of aryl methyl sites for hydroxylation is 1. The molecular formula is C16H16N2OS. The Balaban J connectivity index is 1.85. The average molecular weight is 284 g/mol. The van der Waals surface area contributed by atoms with Crippen molar-refractivity contribution in [2.45, 2.75) is 25.3 Å². The minimum Gasteiger partial charge on any atom is -0.352 e. The van der Waals surface area contributed by atoms with Gasteiger partial charge in [0.25, 0.3) is 5.91 Å². The van der Waals surface area contributed by atoms with Gasteiger partial charge in [-0.25, -0.2) is 0 Å². The van der Waals surface area contributed by atoms with Crippen LogP contribution in [0.15, 0.2) is 42.6 Å². The standard InChI is InChI=1S/C16H16N2OS/c19-15(13-8-4-10-17-16(13)20)18-14-9-3-6-11-5-1-2-7-12(11)14/h1-2,4-5,7-8,10,14H,3,6,9H2,(H,17,20)(H,18,19). The first kappa shape index (κ1) is 13.1. The van der Waals surface area contributed by atoms with Gasteiger partial charge in [-0.2, -0.15) is 0 Å². The third-order valence-corrected chi connectivity index (χ3v) is 4.08. The van der Waals surface area contributed by atoms with E-state index in [0.29, 0.717) is 10.2 Å². The third-order valence-electron chi connectivity index (χ3n) is 3.74. The van der Waals surface area contributed by atoms with Crippen LogP contribution in [0, 0.1) is 4.64 Å². The Labute approximate surface area is 123 Å². The van der Waals surface area contributed by atoms with Gasteiger partial charge in [0.15, 0.2) is 0 Å². The number of nitrogens with one attached hydrogen (secondary N) is 2. The normalized spacial score (nSPS) is 17.3. The molecule has 1 atom stereocenters. The van der Waals surface area contributed by atoms with Crippen LogP contribution in [0.25, 0.3) is 0 Å². The lowest BCUT2D eigenvalue weighted by atomic mass is 9.87. The molecule has 1 aliphatic rings. The number of amides is 1. The van der Waals surface area contributed by atoms with E-state index in [1.807, 2.05) is 6.07 Å². The van der Waals surface area contributed by atoms with E-state index in [1.165, 1.54) is 11.1 Å². The number of hydrogen-bond acceptors (Lipinski definition) is 2. The molecule has 0 saturated heterocycles. The van der Waals surface area contributed by atoms with E-state index < -0.39 is 0 Å². The molecule has 20 heavy (non-hydrogen) atoms. The largest absolute Gasteiger partial charge is 0.352 e. The van der Waals surface area contributed by atoms with Crippen molar-refractivity contribution < 1.29 is 4.79 Å². The smallest absolute Gasteiger partial charge is 0.254 e. The first-order chi connectivity index (χ1) is 9.75. The van der Waals surface area contributed by atoms with E-state index in [1.54, 1.807) is 18.3 Å². The SMILES string of the molecule is O=C(NC1CCCc2ccccc21)c1ccc[nH]c1=S. The van der Waals surface area contributed by atoms with Crippen LogP contribution in [0.4, 0.5) is 0 Å². The molecule has 0 bridgehead atoms. The van der Waals surface area contributed by atoms with E-state index in [2.05, 4.69) is 28.5 Å². The van der Waals surface area contributed by atoms with Gasteiger partial charge in [0.05, 0.1) is 11.6 Å².